The third-order valence-electron chi connectivity index (χ3n) is 4.32. The van der Waals surface area contributed by atoms with Crippen molar-refractivity contribution in [3.63, 3.8) is 0 Å². The SMILES string of the molecule is O=C1c2ccccc2C(=O)N1CCCCCCn1ncc(Cl)c(Cl)c1=O. The average molecular weight is 394 g/mol. The fourth-order valence-electron chi connectivity index (χ4n) is 2.93. The highest BCUT2D eigenvalue weighted by atomic mass is 35.5. The summed E-state index contributed by atoms with van der Waals surface area (Å²) >= 11 is 11.5. The van der Waals surface area contributed by atoms with Crippen molar-refractivity contribution in [3.8, 4) is 0 Å². The molecule has 0 saturated carbocycles. The van der Waals surface area contributed by atoms with Gasteiger partial charge in [0.25, 0.3) is 17.4 Å². The number of hydrogen-bond acceptors (Lipinski definition) is 4. The monoisotopic (exact) mass is 393 g/mol. The van der Waals surface area contributed by atoms with Crippen LogP contribution < -0.4 is 5.56 Å². The smallest absolute Gasteiger partial charge is 0.274 e. The second-order valence-corrected chi connectivity index (χ2v) is 6.84. The number of aromatic nitrogens is 2. The molecule has 0 radical (unpaired) electrons. The van der Waals surface area contributed by atoms with Gasteiger partial charge in [-0.2, -0.15) is 5.10 Å². The molecule has 1 aromatic heterocycles. The number of benzene rings is 1. The fraction of sp³-hybridized carbons (Fsp3) is 0.333. The number of carbonyl (C=O) groups excluding carboxylic acids is 2. The summed E-state index contributed by atoms with van der Waals surface area (Å²) in [5.74, 6) is -0.450. The second kappa shape index (κ2) is 8.01. The lowest BCUT2D eigenvalue weighted by Gasteiger charge is -2.13. The highest BCUT2D eigenvalue weighted by Crippen LogP contribution is 2.22. The van der Waals surface area contributed by atoms with Crippen molar-refractivity contribution in [2.24, 2.45) is 0 Å². The first-order valence-electron chi connectivity index (χ1n) is 8.37. The van der Waals surface area contributed by atoms with Gasteiger partial charge in [0.1, 0.15) is 5.02 Å². The van der Waals surface area contributed by atoms with E-state index in [1.165, 1.54) is 15.8 Å². The van der Waals surface area contributed by atoms with Gasteiger partial charge in [-0.1, -0.05) is 48.2 Å². The van der Waals surface area contributed by atoms with Gasteiger partial charge in [-0.05, 0) is 25.0 Å². The summed E-state index contributed by atoms with van der Waals surface area (Å²) in [7, 11) is 0. The van der Waals surface area contributed by atoms with Gasteiger partial charge in [0, 0.05) is 13.1 Å². The number of carbonyl (C=O) groups is 2. The van der Waals surface area contributed by atoms with Crippen molar-refractivity contribution in [2.45, 2.75) is 32.2 Å². The summed E-state index contributed by atoms with van der Waals surface area (Å²) in [5.41, 5.74) is 0.551. The first kappa shape index (κ1) is 18.6. The number of hydrogen-bond donors (Lipinski definition) is 0. The second-order valence-electron chi connectivity index (χ2n) is 6.06. The molecule has 0 atom stereocenters. The first-order valence-corrected chi connectivity index (χ1v) is 9.12. The van der Waals surface area contributed by atoms with Crippen molar-refractivity contribution >= 4 is 35.0 Å². The van der Waals surface area contributed by atoms with Crippen LogP contribution in [0.5, 0.6) is 0 Å². The Labute approximate surface area is 160 Å². The molecule has 0 unspecified atom stereocenters. The van der Waals surface area contributed by atoms with Crippen LogP contribution in [0.3, 0.4) is 0 Å². The molecule has 3 rings (SSSR count). The van der Waals surface area contributed by atoms with Crippen LogP contribution >= 0.6 is 23.2 Å². The van der Waals surface area contributed by atoms with E-state index in [0.29, 0.717) is 24.2 Å². The number of rotatable bonds is 7. The minimum Gasteiger partial charge on any atom is -0.274 e. The molecule has 0 spiro atoms. The van der Waals surface area contributed by atoms with E-state index in [2.05, 4.69) is 5.10 Å². The Kier molecular flexibility index (Phi) is 5.74. The number of fused-ring (bicyclic) bond motifs is 1. The topological polar surface area (TPSA) is 72.3 Å². The third-order valence-corrected chi connectivity index (χ3v) is 5.07. The predicted molar refractivity (Wildman–Crippen MR) is 98.8 cm³/mol. The number of amides is 2. The molecule has 2 heterocycles. The number of nitrogens with zero attached hydrogens (tertiary/aromatic N) is 3. The normalized spacial score (nSPS) is 13.4. The zero-order chi connectivity index (χ0) is 18.7. The lowest BCUT2D eigenvalue weighted by molar-refractivity contribution is 0.0651. The predicted octanol–water partition coefficient (Wildman–Crippen LogP) is 3.41. The summed E-state index contributed by atoms with van der Waals surface area (Å²) in [4.78, 5) is 37.7. The van der Waals surface area contributed by atoms with Gasteiger partial charge in [0.2, 0.25) is 0 Å². The van der Waals surface area contributed by atoms with Crippen molar-refractivity contribution in [1.82, 2.24) is 14.7 Å². The third kappa shape index (κ3) is 3.66. The summed E-state index contributed by atoms with van der Waals surface area (Å²) in [5, 5.41) is 4.08. The van der Waals surface area contributed by atoms with Crippen LogP contribution in [0.2, 0.25) is 10.0 Å². The van der Waals surface area contributed by atoms with Gasteiger partial charge in [-0.3, -0.25) is 19.3 Å². The molecule has 1 aromatic carbocycles. The highest BCUT2D eigenvalue weighted by Gasteiger charge is 2.34. The Morgan fingerprint density at radius 3 is 2.04 bits per heavy atom. The molecule has 0 aliphatic carbocycles. The molecule has 6 nitrogen and oxygen atoms in total. The minimum atomic E-state index is -0.398. The lowest BCUT2D eigenvalue weighted by Crippen LogP contribution is -2.30. The molecule has 0 fully saturated rings. The number of imide groups is 1. The summed E-state index contributed by atoms with van der Waals surface area (Å²) < 4.78 is 1.29. The van der Waals surface area contributed by atoms with E-state index < -0.39 is 5.56 Å². The maximum atomic E-state index is 12.2. The van der Waals surface area contributed by atoms with Crippen LogP contribution in [-0.2, 0) is 6.54 Å². The van der Waals surface area contributed by atoms with Crippen LogP contribution in [0, 0.1) is 0 Å². The van der Waals surface area contributed by atoms with Gasteiger partial charge in [0.15, 0.2) is 0 Å². The van der Waals surface area contributed by atoms with E-state index in [4.69, 9.17) is 23.2 Å². The Bertz CT molecular complexity index is 876. The molecule has 136 valence electrons. The molecule has 0 N–H and O–H groups in total. The van der Waals surface area contributed by atoms with E-state index in [1.807, 2.05) is 0 Å². The number of unbranched alkanes of at least 4 members (excludes halogenated alkanes) is 3. The Morgan fingerprint density at radius 1 is 0.846 bits per heavy atom. The van der Waals surface area contributed by atoms with E-state index >= 15 is 0 Å². The van der Waals surface area contributed by atoms with Crippen molar-refractivity contribution < 1.29 is 9.59 Å². The molecule has 1 aliphatic rings. The van der Waals surface area contributed by atoms with Crippen LogP contribution in [0.15, 0.2) is 35.3 Å². The maximum Gasteiger partial charge on any atom is 0.287 e. The standard InChI is InChI=1S/C18H17Cl2N3O3/c19-14-11-21-23(18(26)15(14)20)10-6-2-1-5-9-22-16(24)12-7-3-4-8-13(12)17(22)25/h3-4,7-8,11H,1-2,5-6,9-10H2. The number of aryl methyl sites for hydroxylation is 1. The first-order chi connectivity index (χ1) is 12.5. The zero-order valence-electron chi connectivity index (χ0n) is 14.0. The van der Waals surface area contributed by atoms with E-state index in [0.717, 1.165) is 25.7 Å². The largest absolute Gasteiger partial charge is 0.287 e. The fourth-order valence-corrected chi connectivity index (χ4v) is 3.20. The molecular weight excluding hydrogens is 377 g/mol. The van der Waals surface area contributed by atoms with Crippen LogP contribution in [0.25, 0.3) is 0 Å². The van der Waals surface area contributed by atoms with Gasteiger partial charge < -0.3 is 0 Å². The molecular formula is C18H17Cl2N3O3. The minimum absolute atomic E-state index is 0.0210. The Hall–Kier alpha value is -2.18. The van der Waals surface area contributed by atoms with Crippen LogP contribution in [0.4, 0.5) is 0 Å². The summed E-state index contributed by atoms with van der Waals surface area (Å²) in [6, 6.07) is 6.87. The molecule has 26 heavy (non-hydrogen) atoms. The average Bonchev–Trinajstić information content (AvgIpc) is 2.89. The lowest BCUT2D eigenvalue weighted by atomic mass is 10.1. The van der Waals surface area contributed by atoms with Gasteiger partial charge in [0.05, 0.1) is 22.3 Å². The molecule has 2 aromatic rings. The van der Waals surface area contributed by atoms with Crippen LogP contribution in [-0.4, -0.2) is 33.0 Å². The Morgan fingerprint density at radius 2 is 1.42 bits per heavy atom. The maximum absolute atomic E-state index is 12.2. The summed E-state index contributed by atoms with van der Waals surface area (Å²) in [6.07, 6.45) is 4.50. The number of halogens is 2. The van der Waals surface area contributed by atoms with Crippen molar-refractivity contribution in [2.75, 3.05) is 6.54 Å². The van der Waals surface area contributed by atoms with Crippen molar-refractivity contribution in [3.05, 3.63) is 62.0 Å². The van der Waals surface area contributed by atoms with E-state index in [9.17, 15) is 14.4 Å². The summed E-state index contributed by atoms with van der Waals surface area (Å²) in [6.45, 7) is 0.847. The van der Waals surface area contributed by atoms with E-state index in [1.54, 1.807) is 24.3 Å². The van der Waals surface area contributed by atoms with Crippen LogP contribution in [0.1, 0.15) is 46.4 Å². The molecule has 1 aliphatic heterocycles. The van der Waals surface area contributed by atoms with Gasteiger partial charge >= 0.3 is 0 Å². The molecule has 8 heteroatoms. The zero-order valence-corrected chi connectivity index (χ0v) is 15.5. The molecule has 0 saturated heterocycles. The Balaban J connectivity index is 1.43. The quantitative estimate of drug-likeness (QED) is 0.533. The van der Waals surface area contributed by atoms with Gasteiger partial charge in [-0.15, -0.1) is 0 Å². The van der Waals surface area contributed by atoms with E-state index in [-0.39, 0.29) is 21.9 Å². The van der Waals surface area contributed by atoms with Gasteiger partial charge in [-0.25, -0.2) is 4.68 Å². The van der Waals surface area contributed by atoms with Crippen molar-refractivity contribution in [1.29, 1.82) is 0 Å². The molecule has 2 amide bonds. The highest BCUT2D eigenvalue weighted by molar-refractivity contribution is 6.41. The molecule has 0 bridgehead atoms.